The van der Waals surface area contributed by atoms with Crippen LogP contribution in [0.5, 0.6) is 0 Å². The van der Waals surface area contributed by atoms with Gasteiger partial charge in [-0.15, -0.1) is 10.2 Å². The highest BCUT2D eigenvalue weighted by Gasteiger charge is 2.21. The third-order valence-corrected chi connectivity index (χ3v) is 5.87. The van der Waals surface area contributed by atoms with Crippen LogP contribution in [0.2, 0.25) is 0 Å². The van der Waals surface area contributed by atoms with Crippen LogP contribution in [0.25, 0.3) is 27.8 Å². The normalized spacial score (nSPS) is 12.5. The summed E-state index contributed by atoms with van der Waals surface area (Å²) in [7, 11) is 1.66. The predicted octanol–water partition coefficient (Wildman–Crippen LogP) is 4.60. The second-order valence-electron chi connectivity index (χ2n) is 8.22. The van der Waals surface area contributed by atoms with Crippen LogP contribution in [0.1, 0.15) is 36.3 Å². The molecule has 35 heavy (non-hydrogen) atoms. The number of alkyl halides is 2. The number of halogens is 3. The molecule has 0 aliphatic carbocycles. The fraction of sp³-hybridized carbons (Fsp3) is 0.208. The highest BCUT2D eigenvalue weighted by atomic mass is 19.3. The summed E-state index contributed by atoms with van der Waals surface area (Å²) in [5, 5.41) is 11.9. The van der Waals surface area contributed by atoms with Gasteiger partial charge in [0.2, 0.25) is 0 Å². The molecule has 178 valence electrons. The zero-order chi connectivity index (χ0) is 24.9. The van der Waals surface area contributed by atoms with Crippen molar-refractivity contribution in [2.45, 2.75) is 26.3 Å². The zero-order valence-corrected chi connectivity index (χ0v) is 19.0. The minimum atomic E-state index is -2.92. The molecule has 0 saturated heterocycles. The highest BCUT2D eigenvalue weighted by molar-refractivity contribution is 5.99. The van der Waals surface area contributed by atoms with E-state index in [9.17, 15) is 18.0 Å². The number of pyridine rings is 2. The Morgan fingerprint density at radius 2 is 1.86 bits per heavy atom. The maximum absolute atomic E-state index is 14.8. The lowest BCUT2D eigenvalue weighted by molar-refractivity contribution is 0.146. The van der Waals surface area contributed by atoms with Crippen molar-refractivity contribution in [1.82, 2.24) is 29.1 Å². The van der Waals surface area contributed by atoms with Crippen molar-refractivity contribution >= 4 is 22.4 Å². The molecule has 0 amide bonds. The molecule has 4 aromatic heterocycles. The second-order valence-corrected chi connectivity index (χ2v) is 8.22. The first kappa shape index (κ1) is 22.5. The van der Waals surface area contributed by atoms with Gasteiger partial charge in [0.25, 0.3) is 12.0 Å². The highest BCUT2D eigenvalue weighted by Crippen LogP contribution is 2.33. The molecule has 0 aliphatic heterocycles. The average molecular weight is 479 g/mol. The Hall–Kier alpha value is -4.28. The zero-order valence-electron chi connectivity index (χ0n) is 19.0. The molecule has 5 aromatic rings. The Morgan fingerprint density at radius 1 is 1.09 bits per heavy atom. The summed E-state index contributed by atoms with van der Waals surface area (Å²) in [5.41, 5.74) is 1.45. The van der Waals surface area contributed by atoms with E-state index < -0.39 is 23.8 Å². The Kier molecular flexibility index (Phi) is 5.46. The third-order valence-electron chi connectivity index (χ3n) is 5.87. The van der Waals surface area contributed by atoms with E-state index >= 15 is 0 Å². The van der Waals surface area contributed by atoms with Gasteiger partial charge in [0.1, 0.15) is 29.3 Å². The van der Waals surface area contributed by atoms with E-state index in [-0.39, 0.29) is 11.1 Å². The van der Waals surface area contributed by atoms with Gasteiger partial charge in [-0.1, -0.05) is 18.2 Å². The molecule has 0 fully saturated rings. The molecule has 8 nitrogen and oxygen atoms in total. The number of rotatable bonds is 5. The van der Waals surface area contributed by atoms with E-state index in [1.165, 1.54) is 29.1 Å². The van der Waals surface area contributed by atoms with Gasteiger partial charge in [0, 0.05) is 35.8 Å². The summed E-state index contributed by atoms with van der Waals surface area (Å²) in [4.78, 5) is 21.3. The number of aryl methyl sites for hydroxylation is 2. The average Bonchev–Trinajstić information content (AvgIpc) is 3.31. The van der Waals surface area contributed by atoms with Crippen molar-refractivity contribution < 1.29 is 13.2 Å². The van der Waals surface area contributed by atoms with Gasteiger partial charge in [-0.3, -0.25) is 9.20 Å². The van der Waals surface area contributed by atoms with Gasteiger partial charge in [-0.05, 0) is 26.0 Å². The van der Waals surface area contributed by atoms with E-state index in [2.05, 4.69) is 25.5 Å². The number of benzene rings is 1. The number of aromatic nitrogens is 6. The third kappa shape index (κ3) is 3.88. The van der Waals surface area contributed by atoms with Crippen LogP contribution in [-0.2, 0) is 7.05 Å². The van der Waals surface area contributed by atoms with Gasteiger partial charge in [-0.2, -0.15) is 0 Å². The molecule has 0 saturated carbocycles. The Labute approximate surface area is 197 Å². The van der Waals surface area contributed by atoms with Crippen molar-refractivity contribution in [3.8, 4) is 11.3 Å². The van der Waals surface area contributed by atoms with E-state index in [1.54, 1.807) is 43.6 Å². The molecule has 4 heterocycles. The fourth-order valence-electron chi connectivity index (χ4n) is 4.06. The van der Waals surface area contributed by atoms with Gasteiger partial charge < -0.3 is 9.88 Å². The molecular weight excluding hydrogens is 459 g/mol. The Balaban J connectivity index is 1.69. The summed E-state index contributed by atoms with van der Waals surface area (Å²) in [6.07, 6.45) is 0.260. The fourth-order valence-corrected chi connectivity index (χ4v) is 4.06. The number of hydrogen-bond acceptors (Lipinski definition) is 6. The molecule has 0 spiro atoms. The lowest BCUT2D eigenvalue weighted by Crippen LogP contribution is -2.14. The molecule has 5 rings (SSSR count). The van der Waals surface area contributed by atoms with E-state index in [0.717, 1.165) is 6.07 Å². The van der Waals surface area contributed by atoms with E-state index in [0.29, 0.717) is 39.4 Å². The van der Waals surface area contributed by atoms with Crippen molar-refractivity contribution in [3.05, 3.63) is 82.0 Å². The van der Waals surface area contributed by atoms with Gasteiger partial charge >= 0.3 is 0 Å². The maximum atomic E-state index is 14.8. The first-order valence-corrected chi connectivity index (χ1v) is 10.8. The van der Waals surface area contributed by atoms with Crippen LogP contribution < -0.4 is 10.9 Å². The van der Waals surface area contributed by atoms with Crippen molar-refractivity contribution in [3.63, 3.8) is 0 Å². The predicted molar refractivity (Wildman–Crippen MR) is 125 cm³/mol. The minimum absolute atomic E-state index is 0.0857. The molecule has 0 aliphatic rings. The van der Waals surface area contributed by atoms with Crippen molar-refractivity contribution in [1.29, 1.82) is 0 Å². The minimum Gasteiger partial charge on any atom is -0.363 e. The van der Waals surface area contributed by atoms with Crippen LogP contribution in [0.4, 0.5) is 19.0 Å². The monoisotopic (exact) mass is 479 g/mol. The number of hydrogen-bond donors (Lipinski definition) is 1. The molecular formula is C24H20F3N7O. The van der Waals surface area contributed by atoms with Crippen molar-refractivity contribution in [2.75, 3.05) is 5.32 Å². The molecule has 1 atom stereocenters. The molecule has 1 N–H and O–H groups in total. The Morgan fingerprint density at radius 3 is 2.60 bits per heavy atom. The van der Waals surface area contributed by atoms with Crippen LogP contribution in [0.3, 0.4) is 0 Å². The standard InChI is InChI=1S/C24H20F3N7O/c1-12(15-5-4-6-16(20(15)25)22(26)27)29-23-17-10-18(14-7-8-33(3)19(35)9-14)34-11-28-32-24(34)21(17)30-13(2)31-23/h4-12,22H,1-3H3,(H,29,30,31)/t12-/m1/s1. The Bertz CT molecular complexity index is 1640. The summed E-state index contributed by atoms with van der Waals surface area (Å²) in [6, 6.07) is 8.31. The first-order valence-electron chi connectivity index (χ1n) is 10.8. The second kappa shape index (κ2) is 8.49. The topological polar surface area (TPSA) is 90.0 Å². The largest absolute Gasteiger partial charge is 0.363 e. The molecule has 11 heteroatoms. The summed E-state index contributed by atoms with van der Waals surface area (Å²) < 4.78 is 44.4. The van der Waals surface area contributed by atoms with Gasteiger partial charge in [0.05, 0.1) is 17.3 Å². The smallest absolute Gasteiger partial charge is 0.266 e. The quantitative estimate of drug-likeness (QED) is 0.396. The maximum Gasteiger partial charge on any atom is 0.266 e. The van der Waals surface area contributed by atoms with Crippen LogP contribution >= 0.6 is 0 Å². The van der Waals surface area contributed by atoms with Crippen LogP contribution in [0, 0.1) is 12.7 Å². The SMILES string of the molecule is Cc1nc(N[C@H](C)c2cccc(C(F)F)c2F)c2cc(-c3ccn(C)c(=O)c3)n3cnnc3c2n1. The number of nitrogens with one attached hydrogen (secondary N) is 1. The number of anilines is 1. The van der Waals surface area contributed by atoms with E-state index in [4.69, 9.17) is 0 Å². The van der Waals surface area contributed by atoms with Crippen LogP contribution in [-0.4, -0.2) is 29.1 Å². The number of nitrogens with zero attached hydrogens (tertiary/aromatic N) is 6. The molecule has 1 aromatic carbocycles. The van der Waals surface area contributed by atoms with E-state index in [1.807, 2.05) is 0 Å². The first-order chi connectivity index (χ1) is 16.7. The van der Waals surface area contributed by atoms with Gasteiger partial charge in [-0.25, -0.2) is 23.1 Å². The summed E-state index contributed by atoms with van der Waals surface area (Å²) >= 11 is 0. The summed E-state index contributed by atoms with van der Waals surface area (Å²) in [5.74, 6) is -0.157. The lowest BCUT2D eigenvalue weighted by atomic mass is 10.0. The molecule has 0 radical (unpaired) electrons. The lowest BCUT2D eigenvalue weighted by Gasteiger charge is -2.19. The van der Waals surface area contributed by atoms with Gasteiger partial charge in [0.15, 0.2) is 5.65 Å². The van der Waals surface area contributed by atoms with Crippen molar-refractivity contribution in [2.24, 2.45) is 7.05 Å². The van der Waals surface area contributed by atoms with Crippen LogP contribution in [0.15, 0.2) is 53.7 Å². The summed E-state index contributed by atoms with van der Waals surface area (Å²) in [6.45, 7) is 3.36. The molecule has 0 unspecified atom stereocenters. The number of fused-ring (bicyclic) bond motifs is 3. The molecule has 0 bridgehead atoms.